The van der Waals surface area contributed by atoms with E-state index in [1.165, 1.54) is 23.1 Å². The molecule has 7 nitrogen and oxygen atoms in total. The molecule has 0 unspecified atom stereocenters. The molecule has 2 heterocycles. The van der Waals surface area contributed by atoms with Crippen molar-refractivity contribution in [1.29, 1.82) is 0 Å². The number of benzene rings is 1. The lowest BCUT2D eigenvalue weighted by molar-refractivity contribution is 0.373. The third kappa shape index (κ3) is 4.24. The van der Waals surface area contributed by atoms with Crippen LogP contribution in [0.4, 0.5) is 10.8 Å². The van der Waals surface area contributed by atoms with E-state index in [0.29, 0.717) is 22.6 Å². The summed E-state index contributed by atoms with van der Waals surface area (Å²) in [6.07, 6.45) is 1.80. The first-order chi connectivity index (χ1) is 11.8. The van der Waals surface area contributed by atoms with Gasteiger partial charge in [0.25, 0.3) is 0 Å². The van der Waals surface area contributed by atoms with Crippen molar-refractivity contribution in [1.82, 2.24) is 20.3 Å². The monoisotopic (exact) mass is 363 g/mol. The Balaban J connectivity index is 1.59. The number of nitrogens with one attached hydrogen (secondary N) is 1. The number of aromatic nitrogens is 4. The number of anilines is 2. The molecule has 0 amide bonds. The third-order valence-corrected chi connectivity index (χ3v) is 5.02. The second-order valence-corrected chi connectivity index (χ2v) is 7.04. The lowest BCUT2D eigenvalue weighted by Crippen LogP contribution is -1.93. The van der Waals surface area contributed by atoms with Gasteiger partial charge in [0.2, 0.25) is 11.0 Å². The van der Waals surface area contributed by atoms with Gasteiger partial charge in [-0.3, -0.25) is 0 Å². The normalized spacial score (nSPS) is 10.8. The van der Waals surface area contributed by atoms with Crippen LogP contribution in [-0.4, -0.2) is 27.4 Å². The molecule has 2 aromatic heterocycles. The van der Waals surface area contributed by atoms with Gasteiger partial charge >= 0.3 is 0 Å². The maximum atomic E-state index is 5.31. The summed E-state index contributed by atoms with van der Waals surface area (Å²) in [6, 6.07) is 7.68. The largest absolute Gasteiger partial charge is 0.495 e. The number of aryl methyl sites for hydroxylation is 1. The number of nitrogens with zero attached hydrogens (tertiary/aromatic N) is 4. The van der Waals surface area contributed by atoms with Crippen LogP contribution in [0.2, 0.25) is 0 Å². The second-order valence-electron chi connectivity index (χ2n) is 4.84. The quantitative estimate of drug-likeness (QED) is 0.603. The van der Waals surface area contributed by atoms with Crippen molar-refractivity contribution in [2.75, 3.05) is 12.4 Å². The number of thioether (sulfide) groups is 1. The van der Waals surface area contributed by atoms with E-state index in [1.54, 1.807) is 7.11 Å². The van der Waals surface area contributed by atoms with Gasteiger partial charge in [-0.15, -0.1) is 10.2 Å². The number of para-hydroxylation sites is 2. The minimum absolute atomic E-state index is 0.608. The molecule has 0 bridgehead atoms. The summed E-state index contributed by atoms with van der Waals surface area (Å²) in [6.45, 7) is 2.08. The molecule has 0 aliphatic heterocycles. The minimum Gasteiger partial charge on any atom is -0.495 e. The molecule has 1 N–H and O–H groups in total. The van der Waals surface area contributed by atoms with Gasteiger partial charge in [-0.1, -0.05) is 47.3 Å². The first-order valence-electron chi connectivity index (χ1n) is 7.46. The smallest absolute Gasteiger partial charge is 0.226 e. The lowest BCUT2D eigenvalue weighted by atomic mass is 10.3. The molecule has 0 atom stereocenters. The highest BCUT2D eigenvalue weighted by atomic mass is 32.2. The van der Waals surface area contributed by atoms with Gasteiger partial charge in [-0.2, -0.15) is 4.98 Å². The SMILES string of the molecule is CCCc1nc(CSc2nnc(Nc3ccccc3OC)s2)no1. The molecule has 0 aliphatic carbocycles. The van der Waals surface area contributed by atoms with E-state index in [4.69, 9.17) is 9.26 Å². The Morgan fingerprint density at radius 2 is 2.17 bits per heavy atom. The molecule has 24 heavy (non-hydrogen) atoms. The van der Waals surface area contributed by atoms with Crippen molar-refractivity contribution in [3.63, 3.8) is 0 Å². The minimum atomic E-state index is 0.608. The maximum Gasteiger partial charge on any atom is 0.226 e. The van der Waals surface area contributed by atoms with Crippen LogP contribution in [0, 0.1) is 0 Å². The van der Waals surface area contributed by atoms with Crippen LogP contribution < -0.4 is 10.1 Å². The van der Waals surface area contributed by atoms with E-state index in [2.05, 4.69) is 32.6 Å². The maximum absolute atomic E-state index is 5.31. The molecule has 0 aliphatic rings. The van der Waals surface area contributed by atoms with Crippen molar-refractivity contribution in [3.05, 3.63) is 36.0 Å². The Hall–Kier alpha value is -2.13. The number of ether oxygens (including phenoxy) is 1. The van der Waals surface area contributed by atoms with Crippen molar-refractivity contribution in [2.24, 2.45) is 0 Å². The highest BCUT2D eigenvalue weighted by Gasteiger charge is 2.10. The Labute approximate surface area is 147 Å². The van der Waals surface area contributed by atoms with E-state index in [1.807, 2.05) is 24.3 Å². The number of methoxy groups -OCH3 is 1. The van der Waals surface area contributed by atoms with Crippen LogP contribution in [0.25, 0.3) is 0 Å². The molecular formula is C15H17N5O2S2. The van der Waals surface area contributed by atoms with E-state index in [-0.39, 0.29) is 0 Å². The van der Waals surface area contributed by atoms with Gasteiger partial charge in [0.15, 0.2) is 10.2 Å². The van der Waals surface area contributed by atoms with E-state index < -0.39 is 0 Å². The van der Waals surface area contributed by atoms with Crippen molar-refractivity contribution >= 4 is 33.9 Å². The summed E-state index contributed by atoms with van der Waals surface area (Å²) in [5.74, 6) is 2.73. The third-order valence-electron chi connectivity index (χ3n) is 3.05. The lowest BCUT2D eigenvalue weighted by Gasteiger charge is -2.07. The molecule has 126 valence electrons. The highest BCUT2D eigenvalue weighted by molar-refractivity contribution is 8.00. The van der Waals surface area contributed by atoms with E-state index in [9.17, 15) is 0 Å². The molecule has 0 fully saturated rings. The van der Waals surface area contributed by atoms with Crippen LogP contribution in [0.15, 0.2) is 33.1 Å². The van der Waals surface area contributed by atoms with Gasteiger partial charge < -0.3 is 14.6 Å². The topological polar surface area (TPSA) is 86.0 Å². The number of hydrogen-bond donors (Lipinski definition) is 1. The van der Waals surface area contributed by atoms with Gasteiger partial charge in [-0.05, 0) is 18.6 Å². The average Bonchev–Trinajstić information content (AvgIpc) is 3.23. The average molecular weight is 363 g/mol. The van der Waals surface area contributed by atoms with Crippen molar-refractivity contribution in [3.8, 4) is 5.75 Å². The molecule has 1 aromatic carbocycles. The summed E-state index contributed by atoms with van der Waals surface area (Å²) in [5.41, 5.74) is 0.857. The zero-order chi connectivity index (χ0) is 16.8. The van der Waals surface area contributed by atoms with E-state index in [0.717, 1.165) is 28.6 Å². The first kappa shape index (κ1) is 16.7. The predicted octanol–water partition coefficient (Wildman–Crippen LogP) is 3.92. The number of hydrogen-bond acceptors (Lipinski definition) is 9. The van der Waals surface area contributed by atoms with E-state index >= 15 is 0 Å². The molecule has 0 radical (unpaired) electrons. The zero-order valence-electron chi connectivity index (χ0n) is 13.4. The molecule has 0 spiro atoms. The summed E-state index contributed by atoms with van der Waals surface area (Å²) in [7, 11) is 1.64. The number of rotatable bonds is 8. The summed E-state index contributed by atoms with van der Waals surface area (Å²) >= 11 is 3.01. The van der Waals surface area contributed by atoms with Gasteiger partial charge in [0, 0.05) is 6.42 Å². The van der Waals surface area contributed by atoms with Crippen LogP contribution in [0.1, 0.15) is 25.1 Å². The predicted molar refractivity (Wildman–Crippen MR) is 94.0 cm³/mol. The van der Waals surface area contributed by atoms with Crippen LogP contribution >= 0.6 is 23.1 Å². The van der Waals surface area contributed by atoms with Crippen LogP contribution in [0.3, 0.4) is 0 Å². The van der Waals surface area contributed by atoms with Gasteiger partial charge in [0.1, 0.15) is 5.75 Å². The summed E-state index contributed by atoms with van der Waals surface area (Å²) < 4.78 is 11.3. The highest BCUT2D eigenvalue weighted by Crippen LogP contribution is 2.32. The molecule has 3 aromatic rings. The van der Waals surface area contributed by atoms with Crippen molar-refractivity contribution in [2.45, 2.75) is 29.9 Å². The fourth-order valence-electron chi connectivity index (χ4n) is 1.97. The molecule has 0 saturated heterocycles. The standard InChI is InChI=1S/C15H17N5O2S2/c1-3-6-13-17-12(20-22-13)9-23-15-19-18-14(24-15)16-10-7-4-5-8-11(10)21-2/h4-5,7-8H,3,6,9H2,1-2H3,(H,16,18). The van der Waals surface area contributed by atoms with Crippen molar-refractivity contribution < 1.29 is 9.26 Å². The Morgan fingerprint density at radius 3 is 3.00 bits per heavy atom. The molecule has 3 rings (SSSR count). The second kappa shape index (κ2) is 8.11. The Kier molecular flexibility index (Phi) is 5.65. The Morgan fingerprint density at radius 1 is 1.29 bits per heavy atom. The Bertz CT molecular complexity index is 790. The molecular weight excluding hydrogens is 346 g/mol. The first-order valence-corrected chi connectivity index (χ1v) is 9.26. The van der Waals surface area contributed by atoms with Crippen LogP contribution in [-0.2, 0) is 12.2 Å². The summed E-state index contributed by atoms with van der Waals surface area (Å²) in [5, 5.41) is 16.2. The van der Waals surface area contributed by atoms with Gasteiger partial charge in [-0.25, -0.2) is 0 Å². The molecule has 9 heteroatoms. The zero-order valence-corrected chi connectivity index (χ0v) is 15.0. The summed E-state index contributed by atoms with van der Waals surface area (Å²) in [4.78, 5) is 4.34. The molecule has 0 saturated carbocycles. The fraction of sp³-hybridized carbons (Fsp3) is 0.333. The fourth-order valence-corrected chi connectivity index (χ4v) is 3.58. The van der Waals surface area contributed by atoms with Gasteiger partial charge in [0.05, 0.1) is 18.6 Å². The van der Waals surface area contributed by atoms with Crippen LogP contribution in [0.5, 0.6) is 5.75 Å².